The minimum atomic E-state index is -0.983. The second-order valence-corrected chi connectivity index (χ2v) is 7.04. The number of carbonyl (C=O) groups excluding carboxylic acids is 4. The molecule has 0 unspecified atom stereocenters. The summed E-state index contributed by atoms with van der Waals surface area (Å²) in [5.74, 6) is -1.31. The Bertz CT molecular complexity index is 742. The second kappa shape index (κ2) is 8.52. The van der Waals surface area contributed by atoms with Crippen molar-refractivity contribution in [2.45, 2.75) is 38.8 Å². The molecular weight excluding hydrogens is 352 g/mol. The third-order valence-electron chi connectivity index (χ3n) is 3.56. The molecule has 146 valence electrons. The second-order valence-electron chi connectivity index (χ2n) is 7.04. The van der Waals surface area contributed by atoms with Crippen LogP contribution in [0.2, 0.25) is 0 Å². The van der Waals surface area contributed by atoms with E-state index in [4.69, 9.17) is 4.74 Å². The first kappa shape index (κ1) is 20.2. The number of hydrogen-bond donors (Lipinski definition) is 4. The number of hydrogen-bond acceptors (Lipinski definition) is 5. The number of amides is 4. The standard InChI is InChI=1S/C18H24N4O5/c1-18(2,3)27-17(26)20-9-8-19-14(23)10-13-16(25)21-12-7-5-4-6-11(12)15(24)22-13/h4-7,13H,8-10H2,1-3H3,(H,19,23)(H,20,26)(H,21,25)(H,22,24)/t13-/m0/s1. The molecule has 1 aromatic rings. The molecule has 1 aromatic carbocycles. The van der Waals surface area contributed by atoms with Gasteiger partial charge in [-0.25, -0.2) is 4.79 Å². The molecular formula is C18H24N4O5. The number of carbonyl (C=O) groups is 4. The molecule has 9 nitrogen and oxygen atoms in total. The zero-order chi connectivity index (χ0) is 20.0. The summed E-state index contributed by atoms with van der Waals surface area (Å²) in [6.07, 6.45) is -0.789. The topological polar surface area (TPSA) is 126 Å². The number of alkyl carbamates (subject to hydrolysis) is 1. The number of rotatable bonds is 5. The Morgan fingerprint density at radius 2 is 1.78 bits per heavy atom. The Morgan fingerprint density at radius 1 is 1.11 bits per heavy atom. The number of fused-ring (bicyclic) bond motifs is 1. The van der Waals surface area contributed by atoms with E-state index in [-0.39, 0.29) is 19.5 Å². The average Bonchev–Trinajstić information content (AvgIpc) is 2.67. The maximum Gasteiger partial charge on any atom is 0.407 e. The summed E-state index contributed by atoms with van der Waals surface area (Å²) in [7, 11) is 0. The molecule has 0 spiro atoms. The molecule has 1 aliphatic heterocycles. The summed E-state index contributed by atoms with van der Waals surface area (Å²) in [6, 6.07) is 5.63. The van der Waals surface area contributed by atoms with Gasteiger partial charge in [0.1, 0.15) is 11.6 Å². The molecule has 0 saturated heterocycles. The van der Waals surface area contributed by atoms with Gasteiger partial charge in [0, 0.05) is 13.1 Å². The minimum absolute atomic E-state index is 0.167. The quantitative estimate of drug-likeness (QED) is 0.565. The summed E-state index contributed by atoms with van der Waals surface area (Å²) in [4.78, 5) is 48.0. The van der Waals surface area contributed by atoms with Gasteiger partial charge in [0.15, 0.2) is 0 Å². The molecule has 9 heteroatoms. The highest BCUT2D eigenvalue weighted by Crippen LogP contribution is 2.18. The smallest absolute Gasteiger partial charge is 0.407 e. The highest BCUT2D eigenvalue weighted by molar-refractivity contribution is 6.10. The zero-order valence-electron chi connectivity index (χ0n) is 15.5. The van der Waals surface area contributed by atoms with Gasteiger partial charge in [0.25, 0.3) is 5.91 Å². The van der Waals surface area contributed by atoms with Gasteiger partial charge >= 0.3 is 6.09 Å². The number of ether oxygens (including phenoxy) is 1. The van der Waals surface area contributed by atoms with E-state index in [1.165, 1.54) is 0 Å². The van der Waals surface area contributed by atoms with Crippen LogP contribution in [-0.2, 0) is 14.3 Å². The fraction of sp³-hybridized carbons (Fsp3) is 0.444. The molecule has 0 saturated carbocycles. The predicted molar refractivity (Wildman–Crippen MR) is 98.2 cm³/mol. The van der Waals surface area contributed by atoms with E-state index in [9.17, 15) is 19.2 Å². The van der Waals surface area contributed by atoms with Crippen molar-refractivity contribution in [1.82, 2.24) is 16.0 Å². The summed E-state index contributed by atoms with van der Waals surface area (Å²) >= 11 is 0. The highest BCUT2D eigenvalue weighted by Gasteiger charge is 2.29. The van der Waals surface area contributed by atoms with Gasteiger partial charge in [0.05, 0.1) is 17.7 Å². The lowest BCUT2D eigenvalue weighted by Gasteiger charge is -2.19. The van der Waals surface area contributed by atoms with Crippen molar-refractivity contribution < 1.29 is 23.9 Å². The fourth-order valence-electron chi connectivity index (χ4n) is 2.39. The monoisotopic (exact) mass is 376 g/mol. The number of para-hydroxylation sites is 1. The highest BCUT2D eigenvalue weighted by atomic mass is 16.6. The van der Waals surface area contributed by atoms with Crippen LogP contribution in [0.25, 0.3) is 0 Å². The summed E-state index contributed by atoms with van der Waals surface area (Å²) in [5.41, 5.74) is 0.149. The van der Waals surface area contributed by atoms with E-state index >= 15 is 0 Å². The molecule has 1 atom stereocenters. The van der Waals surface area contributed by atoms with Gasteiger partial charge in [-0.1, -0.05) is 12.1 Å². The predicted octanol–water partition coefficient (Wildman–Crippen LogP) is 0.768. The Labute approximate surface area is 157 Å². The van der Waals surface area contributed by atoms with Gasteiger partial charge in [-0.2, -0.15) is 0 Å². The normalized spacial score (nSPS) is 16.3. The van der Waals surface area contributed by atoms with Crippen molar-refractivity contribution in [3.8, 4) is 0 Å². The van der Waals surface area contributed by atoms with E-state index in [0.29, 0.717) is 11.3 Å². The molecule has 27 heavy (non-hydrogen) atoms. The molecule has 2 rings (SSSR count). The summed E-state index contributed by atoms with van der Waals surface area (Å²) < 4.78 is 5.07. The third kappa shape index (κ3) is 6.28. The van der Waals surface area contributed by atoms with Gasteiger partial charge in [-0.3, -0.25) is 14.4 Å². The van der Waals surface area contributed by atoms with Crippen LogP contribution in [0.5, 0.6) is 0 Å². The van der Waals surface area contributed by atoms with E-state index in [1.54, 1.807) is 45.0 Å². The molecule has 0 aromatic heterocycles. The van der Waals surface area contributed by atoms with Gasteiger partial charge in [-0.15, -0.1) is 0 Å². The molecule has 4 N–H and O–H groups in total. The van der Waals surface area contributed by atoms with Crippen LogP contribution in [0.4, 0.5) is 10.5 Å². The Balaban J connectivity index is 1.78. The van der Waals surface area contributed by atoms with Crippen LogP contribution in [0.15, 0.2) is 24.3 Å². The van der Waals surface area contributed by atoms with Crippen LogP contribution < -0.4 is 21.3 Å². The number of anilines is 1. The minimum Gasteiger partial charge on any atom is -0.444 e. The van der Waals surface area contributed by atoms with Crippen molar-refractivity contribution in [2.24, 2.45) is 0 Å². The molecule has 0 fully saturated rings. The molecule has 0 radical (unpaired) electrons. The largest absolute Gasteiger partial charge is 0.444 e. The maximum absolute atomic E-state index is 12.2. The molecule has 4 amide bonds. The summed E-state index contributed by atoms with van der Waals surface area (Å²) in [6.45, 7) is 5.59. The van der Waals surface area contributed by atoms with E-state index in [2.05, 4.69) is 21.3 Å². The third-order valence-corrected chi connectivity index (χ3v) is 3.56. The first-order chi connectivity index (χ1) is 12.7. The Hall–Kier alpha value is -3.10. The van der Waals surface area contributed by atoms with Crippen molar-refractivity contribution >= 4 is 29.5 Å². The number of benzene rings is 1. The van der Waals surface area contributed by atoms with Gasteiger partial charge in [0.2, 0.25) is 11.8 Å². The molecule has 1 aliphatic rings. The lowest BCUT2D eigenvalue weighted by molar-refractivity contribution is -0.125. The van der Waals surface area contributed by atoms with Gasteiger partial charge < -0.3 is 26.0 Å². The number of nitrogens with one attached hydrogen (secondary N) is 4. The van der Waals surface area contributed by atoms with Crippen LogP contribution in [0.3, 0.4) is 0 Å². The molecule has 0 aliphatic carbocycles. The maximum atomic E-state index is 12.2. The lowest BCUT2D eigenvalue weighted by atomic mass is 10.1. The Morgan fingerprint density at radius 3 is 2.48 bits per heavy atom. The fourth-order valence-corrected chi connectivity index (χ4v) is 2.39. The van der Waals surface area contributed by atoms with E-state index in [1.807, 2.05) is 0 Å². The van der Waals surface area contributed by atoms with Gasteiger partial charge in [-0.05, 0) is 32.9 Å². The van der Waals surface area contributed by atoms with Crippen LogP contribution in [0, 0.1) is 0 Å². The molecule has 0 bridgehead atoms. The van der Waals surface area contributed by atoms with Crippen LogP contribution in [-0.4, -0.2) is 48.5 Å². The van der Waals surface area contributed by atoms with Crippen molar-refractivity contribution in [1.29, 1.82) is 0 Å². The lowest BCUT2D eigenvalue weighted by Crippen LogP contribution is -2.45. The van der Waals surface area contributed by atoms with Crippen molar-refractivity contribution in [3.05, 3.63) is 29.8 Å². The van der Waals surface area contributed by atoms with E-state index < -0.39 is 35.5 Å². The SMILES string of the molecule is CC(C)(C)OC(=O)NCCNC(=O)C[C@@H]1NC(=O)c2ccccc2NC1=O. The average molecular weight is 376 g/mol. The summed E-state index contributed by atoms with van der Waals surface area (Å²) in [5, 5.41) is 10.3. The van der Waals surface area contributed by atoms with E-state index in [0.717, 1.165) is 0 Å². The van der Waals surface area contributed by atoms with Crippen LogP contribution in [0.1, 0.15) is 37.6 Å². The van der Waals surface area contributed by atoms with Crippen LogP contribution >= 0.6 is 0 Å². The first-order valence-electron chi connectivity index (χ1n) is 8.60. The zero-order valence-corrected chi connectivity index (χ0v) is 15.5. The Kier molecular flexibility index (Phi) is 6.38. The first-order valence-corrected chi connectivity index (χ1v) is 8.60. The van der Waals surface area contributed by atoms with Crippen molar-refractivity contribution in [3.63, 3.8) is 0 Å². The molecule has 1 heterocycles. The van der Waals surface area contributed by atoms with Crippen molar-refractivity contribution in [2.75, 3.05) is 18.4 Å².